The van der Waals surface area contributed by atoms with Gasteiger partial charge in [-0.2, -0.15) is 0 Å². The highest BCUT2D eigenvalue weighted by molar-refractivity contribution is 14.1. The third-order valence-electron chi connectivity index (χ3n) is 7.90. The van der Waals surface area contributed by atoms with Crippen molar-refractivity contribution in [1.29, 1.82) is 0 Å². The van der Waals surface area contributed by atoms with Crippen molar-refractivity contribution < 1.29 is 29.1 Å². The van der Waals surface area contributed by atoms with Crippen molar-refractivity contribution in [2.75, 3.05) is 14.2 Å². The number of ether oxygens (including phenoxy) is 1. The quantitative estimate of drug-likeness (QED) is 0.191. The van der Waals surface area contributed by atoms with E-state index in [1.54, 1.807) is 14.2 Å². The van der Waals surface area contributed by atoms with E-state index in [0.717, 1.165) is 40.4 Å². The number of carbonyl (C=O) groups excluding carboxylic acids is 2. The Bertz CT molecular complexity index is 1100. The third kappa shape index (κ3) is 5.11. The van der Waals surface area contributed by atoms with Crippen LogP contribution in [0.1, 0.15) is 57.9 Å². The minimum atomic E-state index is -0.948. The fourth-order valence-electron chi connectivity index (χ4n) is 6.24. The predicted molar refractivity (Wildman–Crippen MR) is 147 cm³/mol. The highest BCUT2D eigenvalue weighted by Gasteiger charge is 2.56. The zero-order valence-electron chi connectivity index (χ0n) is 21.4. The first kappa shape index (κ1) is 27.2. The molecule has 9 heteroatoms. The molecule has 194 valence electrons. The van der Waals surface area contributed by atoms with Crippen molar-refractivity contribution in [1.82, 2.24) is 4.90 Å². The summed E-state index contributed by atoms with van der Waals surface area (Å²) < 4.78 is 12.1. The molecule has 0 unspecified atom stereocenters. The molecule has 0 saturated carbocycles. The first-order valence-electron chi connectivity index (χ1n) is 12.8. The minimum absolute atomic E-state index is 0.0975. The Morgan fingerprint density at radius 1 is 1.25 bits per heavy atom. The Balaban J connectivity index is 1.61. The number of likely N-dealkylation sites (tertiary alicyclic amines) is 1. The first-order chi connectivity index (χ1) is 17.2. The normalized spacial score (nSPS) is 26.4. The molecule has 0 aromatic heterocycles. The number of aromatic hydroxyl groups is 1. The van der Waals surface area contributed by atoms with Gasteiger partial charge in [0.05, 0.1) is 28.6 Å². The van der Waals surface area contributed by atoms with Gasteiger partial charge in [-0.1, -0.05) is 37.5 Å². The summed E-state index contributed by atoms with van der Waals surface area (Å²) in [5.41, 5.74) is 4.55. The molecule has 1 aliphatic carbocycles. The average molecular weight is 607 g/mol. The third-order valence-corrected chi connectivity index (χ3v) is 8.72. The molecule has 2 amide bonds. The van der Waals surface area contributed by atoms with E-state index in [0.29, 0.717) is 24.9 Å². The molecule has 4 rings (SSSR count). The fraction of sp³-hybridized carbons (Fsp3) is 0.556. The lowest BCUT2D eigenvalue weighted by Gasteiger charge is -2.43. The van der Waals surface area contributed by atoms with Crippen molar-refractivity contribution in [2.24, 2.45) is 17.8 Å². The molecule has 3 aliphatic rings. The number of hydrogen-bond acceptors (Lipinski definition) is 6. The van der Waals surface area contributed by atoms with E-state index in [-0.39, 0.29) is 35.5 Å². The summed E-state index contributed by atoms with van der Waals surface area (Å²) in [6, 6.07) is 3.77. The van der Waals surface area contributed by atoms with E-state index < -0.39 is 13.0 Å². The molecule has 2 N–H and O–H groups in total. The van der Waals surface area contributed by atoms with Crippen molar-refractivity contribution >= 4 is 47.6 Å². The fourth-order valence-corrected chi connectivity index (χ4v) is 6.86. The van der Waals surface area contributed by atoms with Gasteiger partial charge in [0, 0.05) is 7.05 Å². The number of phenolic OH excluding ortho intramolecular Hbond substituents is 1. The molecule has 0 radical (unpaired) electrons. The number of hydrogen-bond donors (Lipinski definition) is 2. The summed E-state index contributed by atoms with van der Waals surface area (Å²) in [4.78, 5) is 27.0. The number of benzene rings is 1. The molecule has 1 aromatic carbocycles. The summed E-state index contributed by atoms with van der Waals surface area (Å²) in [5, 5.41) is 20.8. The van der Waals surface area contributed by atoms with Crippen LogP contribution in [0.25, 0.3) is 6.08 Å². The Kier molecular flexibility index (Phi) is 8.51. The topological polar surface area (TPSA) is 96.3 Å². The maximum atomic E-state index is 13.0. The Hall–Kier alpha value is -1.85. The van der Waals surface area contributed by atoms with Gasteiger partial charge in [-0.05, 0) is 90.2 Å². The van der Waals surface area contributed by atoms with E-state index in [1.807, 2.05) is 12.1 Å². The maximum Gasteiger partial charge on any atom is 0.455 e. The number of amides is 2. The number of allylic oxidation sites excluding steroid dienone is 2. The van der Waals surface area contributed by atoms with Gasteiger partial charge in [0.15, 0.2) is 11.5 Å². The van der Waals surface area contributed by atoms with Crippen LogP contribution in [0.15, 0.2) is 28.9 Å². The largest absolute Gasteiger partial charge is 0.504 e. The van der Waals surface area contributed by atoms with Gasteiger partial charge in [-0.25, -0.2) is 0 Å². The standard InChI is InChI=1S/C27H35BINO6/c1-5-7-15(10-16-11-20(29)25(31)22(12-16)35-4)8-9-21-23-17(6-2)13-18-24(19(23)14-28(34)36-21)27(33)30(3)26(18)32/h10-12,18-19,21,24,31,34H,5-9,13-14H2,1-4H3/b15-10+/t18-,19+,21-,24-/m1/s1. The highest BCUT2D eigenvalue weighted by atomic mass is 127. The van der Waals surface area contributed by atoms with Crippen molar-refractivity contribution in [3.63, 3.8) is 0 Å². The lowest BCUT2D eigenvalue weighted by molar-refractivity contribution is -0.138. The number of fused-ring (bicyclic) bond motifs is 3. The van der Waals surface area contributed by atoms with Crippen LogP contribution in [0, 0.1) is 21.3 Å². The second-order valence-corrected chi connectivity index (χ2v) is 11.2. The Morgan fingerprint density at radius 3 is 2.67 bits per heavy atom. The van der Waals surface area contributed by atoms with Crippen LogP contribution < -0.4 is 4.74 Å². The van der Waals surface area contributed by atoms with E-state index in [4.69, 9.17) is 9.39 Å². The van der Waals surface area contributed by atoms with E-state index in [2.05, 4.69) is 42.5 Å². The van der Waals surface area contributed by atoms with E-state index >= 15 is 0 Å². The summed E-state index contributed by atoms with van der Waals surface area (Å²) >= 11 is 2.10. The summed E-state index contributed by atoms with van der Waals surface area (Å²) in [6.45, 7) is 4.24. The predicted octanol–water partition coefficient (Wildman–Crippen LogP) is 4.81. The van der Waals surface area contributed by atoms with Crippen LogP contribution in [0.3, 0.4) is 0 Å². The lowest BCUT2D eigenvalue weighted by Crippen LogP contribution is -2.46. The smallest absolute Gasteiger partial charge is 0.455 e. The van der Waals surface area contributed by atoms with Crippen LogP contribution in [0.5, 0.6) is 11.5 Å². The molecule has 2 fully saturated rings. The van der Waals surface area contributed by atoms with Crippen LogP contribution >= 0.6 is 22.6 Å². The van der Waals surface area contributed by atoms with Crippen molar-refractivity contribution in [2.45, 2.75) is 64.8 Å². The Labute approximate surface area is 227 Å². The van der Waals surface area contributed by atoms with Gasteiger partial charge >= 0.3 is 7.12 Å². The molecule has 7 nitrogen and oxygen atoms in total. The first-order valence-corrected chi connectivity index (χ1v) is 13.9. The SMILES string of the molecule is CCC/C(=C\c1cc(I)c(O)c(OC)c1)CC[C@H]1OB(O)C[C@H]2C1=C(CC)C[C@H]1C(=O)N(C)C(=O)[C@H]12. The zero-order valence-corrected chi connectivity index (χ0v) is 23.6. The molecular formula is C27H35BINO6. The van der Waals surface area contributed by atoms with Gasteiger partial charge in [-0.15, -0.1) is 0 Å². The molecule has 2 aliphatic heterocycles. The molecule has 2 saturated heterocycles. The number of imide groups is 1. The van der Waals surface area contributed by atoms with E-state index in [1.165, 1.54) is 16.0 Å². The summed E-state index contributed by atoms with van der Waals surface area (Å²) in [5.74, 6) is -0.511. The molecule has 4 atom stereocenters. The van der Waals surface area contributed by atoms with E-state index in [9.17, 15) is 19.7 Å². The number of nitrogens with zero attached hydrogens (tertiary/aromatic N) is 1. The number of phenols is 1. The monoisotopic (exact) mass is 607 g/mol. The van der Waals surface area contributed by atoms with Gasteiger partial charge in [0.1, 0.15) is 0 Å². The molecule has 2 heterocycles. The average Bonchev–Trinajstić information content (AvgIpc) is 3.07. The lowest BCUT2D eigenvalue weighted by atomic mass is 9.58. The van der Waals surface area contributed by atoms with Crippen LogP contribution in [-0.4, -0.2) is 54.2 Å². The Morgan fingerprint density at radius 2 is 2.00 bits per heavy atom. The van der Waals surface area contributed by atoms with Gasteiger partial charge in [0.25, 0.3) is 0 Å². The molecule has 1 aromatic rings. The van der Waals surface area contributed by atoms with Crippen molar-refractivity contribution in [3.8, 4) is 11.5 Å². The number of rotatable bonds is 8. The summed E-state index contributed by atoms with van der Waals surface area (Å²) in [7, 11) is 2.17. The van der Waals surface area contributed by atoms with Crippen LogP contribution in [-0.2, 0) is 14.2 Å². The minimum Gasteiger partial charge on any atom is -0.504 e. The maximum absolute atomic E-state index is 13.0. The zero-order chi connectivity index (χ0) is 26.1. The molecular weight excluding hydrogens is 572 g/mol. The molecule has 0 spiro atoms. The molecule has 0 bridgehead atoms. The van der Waals surface area contributed by atoms with Gasteiger partial charge in [0.2, 0.25) is 11.8 Å². The molecule has 36 heavy (non-hydrogen) atoms. The highest BCUT2D eigenvalue weighted by Crippen LogP contribution is 2.51. The number of carbonyl (C=O) groups is 2. The van der Waals surface area contributed by atoms with Crippen molar-refractivity contribution in [3.05, 3.63) is 38.0 Å². The second kappa shape index (κ2) is 11.3. The van der Waals surface area contributed by atoms with Crippen LogP contribution in [0.4, 0.5) is 0 Å². The van der Waals surface area contributed by atoms with Crippen LogP contribution in [0.2, 0.25) is 6.32 Å². The van der Waals surface area contributed by atoms with Gasteiger partial charge in [-0.3, -0.25) is 14.5 Å². The number of methoxy groups -OCH3 is 1. The second-order valence-electron chi connectivity index (χ2n) is 10.1. The number of halogens is 1. The summed E-state index contributed by atoms with van der Waals surface area (Å²) in [6.07, 6.45) is 7.00. The van der Waals surface area contributed by atoms with Gasteiger partial charge < -0.3 is 19.5 Å².